The van der Waals surface area contributed by atoms with Crippen molar-refractivity contribution in [3.05, 3.63) is 0 Å². The van der Waals surface area contributed by atoms with Crippen LogP contribution in [0.15, 0.2) is 0 Å². The summed E-state index contributed by atoms with van der Waals surface area (Å²) < 4.78 is 25.7. The van der Waals surface area contributed by atoms with Crippen molar-refractivity contribution >= 4 is 22.4 Å². The van der Waals surface area contributed by atoms with Crippen molar-refractivity contribution in [1.82, 2.24) is 9.62 Å². The summed E-state index contributed by atoms with van der Waals surface area (Å²) in [6.07, 6.45) is 5.56. The Hall–Kier alpha value is 0.160. The molecule has 0 aromatic carbocycles. The van der Waals surface area contributed by atoms with Crippen molar-refractivity contribution < 1.29 is 8.42 Å². The highest BCUT2D eigenvalue weighted by molar-refractivity contribution is 7.89. The third-order valence-electron chi connectivity index (χ3n) is 3.96. The Balaban J connectivity index is 0.00000144. The van der Waals surface area contributed by atoms with Gasteiger partial charge < -0.3 is 5.32 Å². The standard InChI is InChI=1S/C11H22N2O2S.ClH/c1-12-11-5-7-13(9-11)16(14,15)8-6-10-3-2-4-10;/h10-12H,2-9H2,1H3;1H. The highest BCUT2D eigenvalue weighted by atomic mass is 35.5. The van der Waals surface area contributed by atoms with Crippen LogP contribution in [0.4, 0.5) is 0 Å². The van der Waals surface area contributed by atoms with E-state index in [4.69, 9.17) is 0 Å². The Kier molecular flexibility index (Phi) is 5.70. The zero-order valence-corrected chi connectivity index (χ0v) is 12.0. The molecule has 2 rings (SSSR count). The van der Waals surface area contributed by atoms with E-state index in [0.29, 0.717) is 30.8 Å². The van der Waals surface area contributed by atoms with Gasteiger partial charge in [0.1, 0.15) is 0 Å². The maximum absolute atomic E-state index is 12.0. The summed E-state index contributed by atoms with van der Waals surface area (Å²) in [4.78, 5) is 0. The molecule has 102 valence electrons. The average Bonchev–Trinajstić information content (AvgIpc) is 2.63. The summed E-state index contributed by atoms with van der Waals surface area (Å²) in [7, 11) is -1.08. The van der Waals surface area contributed by atoms with Crippen LogP contribution in [0.3, 0.4) is 0 Å². The van der Waals surface area contributed by atoms with E-state index in [2.05, 4.69) is 5.32 Å². The molecule has 4 nitrogen and oxygen atoms in total. The van der Waals surface area contributed by atoms with Crippen molar-refractivity contribution in [2.45, 2.75) is 38.1 Å². The van der Waals surface area contributed by atoms with Gasteiger partial charge in [0.25, 0.3) is 0 Å². The number of rotatable bonds is 5. The minimum atomic E-state index is -2.98. The van der Waals surface area contributed by atoms with Crippen LogP contribution in [0.25, 0.3) is 0 Å². The van der Waals surface area contributed by atoms with Crippen molar-refractivity contribution in [1.29, 1.82) is 0 Å². The first-order valence-electron chi connectivity index (χ1n) is 6.27. The Morgan fingerprint density at radius 2 is 2.00 bits per heavy atom. The summed E-state index contributed by atoms with van der Waals surface area (Å²) in [6.45, 7) is 1.35. The SMILES string of the molecule is CNC1CCN(S(=O)(=O)CCC2CCC2)C1.Cl. The van der Waals surface area contributed by atoms with Gasteiger partial charge in [0, 0.05) is 19.1 Å². The summed E-state index contributed by atoms with van der Waals surface area (Å²) in [5.41, 5.74) is 0. The summed E-state index contributed by atoms with van der Waals surface area (Å²) in [5.74, 6) is 1.03. The zero-order chi connectivity index (χ0) is 11.6. The second-order valence-corrected chi connectivity index (χ2v) is 7.12. The number of nitrogens with zero attached hydrogens (tertiary/aromatic N) is 1. The molecular formula is C11H23ClN2O2S. The highest BCUT2D eigenvalue weighted by Gasteiger charge is 2.31. The van der Waals surface area contributed by atoms with Crippen LogP contribution in [0, 0.1) is 5.92 Å². The molecule has 2 aliphatic rings. The molecule has 0 bridgehead atoms. The van der Waals surface area contributed by atoms with Crippen molar-refractivity contribution in [2.75, 3.05) is 25.9 Å². The van der Waals surface area contributed by atoms with Gasteiger partial charge in [-0.25, -0.2) is 12.7 Å². The lowest BCUT2D eigenvalue weighted by atomic mass is 9.84. The van der Waals surface area contributed by atoms with E-state index in [1.54, 1.807) is 4.31 Å². The Morgan fingerprint density at radius 3 is 2.47 bits per heavy atom. The Morgan fingerprint density at radius 1 is 1.29 bits per heavy atom. The van der Waals surface area contributed by atoms with Gasteiger partial charge in [-0.3, -0.25) is 0 Å². The first-order chi connectivity index (χ1) is 7.62. The number of halogens is 1. The fourth-order valence-corrected chi connectivity index (χ4v) is 4.12. The van der Waals surface area contributed by atoms with Gasteiger partial charge in [0.2, 0.25) is 10.0 Å². The van der Waals surface area contributed by atoms with E-state index in [0.717, 1.165) is 12.8 Å². The minimum Gasteiger partial charge on any atom is -0.316 e. The molecule has 17 heavy (non-hydrogen) atoms. The fraction of sp³-hybridized carbons (Fsp3) is 1.00. The first-order valence-corrected chi connectivity index (χ1v) is 7.88. The molecule has 1 aliphatic heterocycles. The number of hydrogen-bond acceptors (Lipinski definition) is 3. The molecule has 1 aliphatic carbocycles. The molecule has 1 heterocycles. The molecular weight excluding hydrogens is 260 g/mol. The Labute approximate surface area is 111 Å². The second-order valence-electron chi connectivity index (χ2n) is 5.03. The van der Waals surface area contributed by atoms with E-state index in [9.17, 15) is 8.42 Å². The highest BCUT2D eigenvalue weighted by Crippen LogP contribution is 2.30. The van der Waals surface area contributed by atoms with Crippen LogP contribution in [-0.4, -0.2) is 44.7 Å². The molecule has 1 saturated carbocycles. The third kappa shape index (κ3) is 3.81. The molecule has 0 amide bonds. The quantitative estimate of drug-likeness (QED) is 0.825. The van der Waals surface area contributed by atoms with E-state index < -0.39 is 10.0 Å². The molecule has 0 aromatic heterocycles. The van der Waals surface area contributed by atoms with Gasteiger partial charge in [-0.2, -0.15) is 0 Å². The van der Waals surface area contributed by atoms with Crippen LogP contribution in [0.1, 0.15) is 32.1 Å². The van der Waals surface area contributed by atoms with Crippen LogP contribution >= 0.6 is 12.4 Å². The molecule has 0 aromatic rings. The minimum absolute atomic E-state index is 0. The van der Waals surface area contributed by atoms with Gasteiger partial charge >= 0.3 is 0 Å². The summed E-state index contributed by atoms with van der Waals surface area (Å²) in [6, 6.07) is 0.346. The lowest BCUT2D eigenvalue weighted by molar-refractivity contribution is 0.305. The van der Waals surface area contributed by atoms with Crippen molar-refractivity contribution in [2.24, 2.45) is 5.92 Å². The van der Waals surface area contributed by atoms with Gasteiger partial charge in [0.15, 0.2) is 0 Å². The largest absolute Gasteiger partial charge is 0.316 e. The predicted molar refractivity (Wildman–Crippen MR) is 72.0 cm³/mol. The second kappa shape index (κ2) is 6.36. The molecule has 1 saturated heterocycles. The number of likely N-dealkylation sites (N-methyl/N-ethyl adjacent to an activating group) is 1. The molecule has 6 heteroatoms. The van der Waals surface area contributed by atoms with Gasteiger partial charge in [0.05, 0.1) is 5.75 Å². The number of nitrogens with one attached hydrogen (secondary N) is 1. The van der Waals surface area contributed by atoms with Gasteiger partial charge in [-0.05, 0) is 25.8 Å². The topological polar surface area (TPSA) is 49.4 Å². The van der Waals surface area contributed by atoms with Gasteiger partial charge in [-0.15, -0.1) is 12.4 Å². The van der Waals surface area contributed by atoms with E-state index >= 15 is 0 Å². The molecule has 0 radical (unpaired) electrons. The zero-order valence-electron chi connectivity index (χ0n) is 10.4. The van der Waals surface area contributed by atoms with Crippen molar-refractivity contribution in [3.63, 3.8) is 0 Å². The monoisotopic (exact) mass is 282 g/mol. The molecule has 2 fully saturated rings. The van der Waals surface area contributed by atoms with E-state index in [-0.39, 0.29) is 12.4 Å². The smallest absolute Gasteiger partial charge is 0.214 e. The molecule has 1 unspecified atom stereocenters. The maximum Gasteiger partial charge on any atom is 0.214 e. The summed E-state index contributed by atoms with van der Waals surface area (Å²) >= 11 is 0. The van der Waals surface area contributed by atoms with Crippen LogP contribution in [-0.2, 0) is 10.0 Å². The Bertz CT molecular complexity index is 330. The van der Waals surface area contributed by atoms with Crippen LogP contribution in [0.2, 0.25) is 0 Å². The lowest BCUT2D eigenvalue weighted by Crippen LogP contribution is -2.35. The van der Waals surface area contributed by atoms with E-state index in [1.165, 1.54) is 19.3 Å². The summed E-state index contributed by atoms with van der Waals surface area (Å²) in [5, 5.41) is 3.15. The normalized spacial score (nSPS) is 26.5. The predicted octanol–water partition coefficient (Wildman–Crippen LogP) is 1.22. The molecule has 1 N–H and O–H groups in total. The first kappa shape index (κ1) is 15.2. The van der Waals surface area contributed by atoms with Crippen LogP contribution < -0.4 is 5.32 Å². The van der Waals surface area contributed by atoms with Crippen LogP contribution in [0.5, 0.6) is 0 Å². The van der Waals surface area contributed by atoms with Gasteiger partial charge in [-0.1, -0.05) is 19.3 Å². The average molecular weight is 283 g/mol. The van der Waals surface area contributed by atoms with Crippen molar-refractivity contribution in [3.8, 4) is 0 Å². The third-order valence-corrected chi connectivity index (χ3v) is 5.83. The maximum atomic E-state index is 12.0. The number of hydrogen-bond donors (Lipinski definition) is 1. The molecule has 0 spiro atoms. The lowest BCUT2D eigenvalue weighted by Gasteiger charge is -2.26. The fourth-order valence-electron chi connectivity index (χ4n) is 2.44. The van der Waals surface area contributed by atoms with E-state index in [1.807, 2.05) is 7.05 Å². The molecule has 1 atom stereocenters. The number of sulfonamides is 1.